The first kappa shape index (κ1) is 15.3. The molecule has 106 valence electrons. The van der Waals surface area contributed by atoms with Crippen molar-refractivity contribution >= 4 is 6.03 Å². The average molecular weight is 266 g/mol. The van der Waals surface area contributed by atoms with Crippen molar-refractivity contribution in [1.82, 2.24) is 10.6 Å². The van der Waals surface area contributed by atoms with Gasteiger partial charge in [0.05, 0.1) is 6.61 Å². The number of amides is 2. The summed E-state index contributed by atoms with van der Waals surface area (Å²) in [6.45, 7) is 3.72. The van der Waals surface area contributed by atoms with E-state index in [9.17, 15) is 4.79 Å². The highest BCUT2D eigenvalue weighted by atomic mass is 16.5. The van der Waals surface area contributed by atoms with Gasteiger partial charge in [0.1, 0.15) is 5.75 Å². The molecule has 0 aliphatic carbocycles. The number of benzene rings is 1. The van der Waals surface area contributed by atoms with Gasteiger partial charge < -0.3 is 20.5 Å². The highest BCUT2D eigenvalue weighted by molar-refractivity contribution is 5.73. The smallest absolute Gasteiger partial charge is 0.314 e. The third-order valence-corrected chi connectivity index (χ3v) is 2.58. The summed E-state index contributed by atoms with van der Waals surface area (Å²) in [6, 6.07) is 7.65. The molecular weight excluding hydrogens is 244 g/mol. The third-order valence-electron chi connectivity index (χ3n) is 2.58. The molecule has 1 aromatic carbocycles. The van der Waals surface area contributed by atoms with Crippen molar-refractivity contribution in [1.29, 1.82) is 0 Å². The molecule has 3 N–H and O–H groups in total. The van der Waals surface area contributed by atoms with Crippen LogP contribution in [0.5, 0.6) is 5.75 Å². The van der Waals surface area contributed by atoms with Crippen molar-refractivity contribution in [3.05, 3.63) is 29.8 Å². The molecule has 19 heavy (non-hydrogen) atoms. The summed E-state index contributed by atoms with van der Waals surface area (Å²) in [6.07, 6.45) is 1.32. The number of aryl methyl sites for hydroxylation is 1. The predicted octanol–water partition coefficient (Wildman–Crippen LogP) is 1.45. The Morgan fingerprint density at radius 3 is 2.58 bits per heavy atom. The summed E-state index contributed by atoms with van der Waals surface area (Å²) in [5.74, 6) is 0.884. The zero-order valence-electron chi connectivity index (χ0n) is 11.3. The number of aliphatic hydroxyl groups excluding tert-OH is 1. The monoisotopic (exact) mass is 266 g/mol. The fraction of sp³-hybridized carbons (Fsp3) is 0.500. The lowest BCUT2D eigenvalue weighted by molar-refractivity contribution is 0.236. The zero-order valence-corrected chi connectivity index (χ0v) is 11.3. The molecule has 0 heterocycles. The number of hydrogen-bond donors (Lipinski definition) is 3. The molecule has 0 fully saturated rings. The molecule has 1 rings (SSSR count). The average Bonchev–Trinajstić information content (AvgIpc) is 2.41. The fourth-order valence-electron chi connectivity index (χ4n) is 1.52. The van der Waals surface area contributed by atoms with Crippen molar-refractivity contribution in [3.8, 4) is 5.75 Å². The number of hydrogen-bond acceptors (Lipinski definition) is 3. The number of rotatable bonds is 8. The summed E-state index contributed by atoms with van der Waals surface area (Å²) in [5.41, 5.74) is 1.11. The Bertz CT molecular complexity index is 383. The van der Waals surface area contributed by atoms with Crippen LogP contribution in [0.1, 0.15) is 18.4 Å². The maximum atomic E-state index is 11.3. The van der Waals surface area contributed by atoms with Crippen LogP contribution in [0.2, 0.25) is 0 Å². The number of carbonyl (C=O) groups is 1. The fourth-order valence-corrected chi connectivity index (χ4v) is 1.52. The highest BCUT2D eigenvalue weighted by Crippen LogP contribution is 2.15. The Hall–Kier alpha value is -1.75. The van der Waals surface area contributed by atoms with Crippen molar-refractivity contribution in [2.75, 3.05) is 26.3 Å². The molecule has 0 aliphatic heterocycles. The first-order valence-electron chi connectivity index (χ1n) is 6.55. The Balaban J connectivity index is 2.05. The molecule has 0 unspecified atom stereocenters. The summed E-state index contributed by atoms with van der Waals surface area (Å²) in [5, 5.41) is 13.9. The van der Waals surface area contributed by atoms with Gasteiger partial charge in [-0.05, 0) is 31.4 Å². The third kappa shape index (κ3) is 6.67. The number of ether oxygens (including phenoxy) is 1. The van der Waals surface area contributed by atoms with Gasteiger partial charge in [-0.2, -0.15) is 0 Å². The van der Waals surface area contributed by atoms with E-state index in [0.717, 1.165) is 17.7 Å². The lowest BCUT2D eigenvalue weighted by Gasteiger charge is -2.09. The van der Waals surface area contributed by atoms with Crippen LogP contribution in [-0.2, 0) is 0 Å². The highest BCUT2D eigenvalue weighted by Gasteiger charge is 1.99. The minimum absolute atomic E-state index is 0.0878. The van der Waals surface area contributed by atoms with Crippen molar-refractivity contribution < 1.29 is 14.6 Å². The topological polar surface area (TPSA) is 70.6 Å². The quantitative estimate of drug-likeness (QED) is 0.624. The largest absolute Gasteiger partial charge is 0.493 e. The van der Waals surface area contributed by atoms with Gasteiger partial charge in [-0.3, -0.25) is 0 Å². The van der Waals surface area contributed by atoms with Crippen molar-refractivity contribution in [2.24, 2.45) is 0 Å². The number of carbonyl (C=O) groups excluding carboxylic acids is 1. The molecule has 0 atom stereocenters. The maximum absolute atomic E-state index is 11.3. The second-order valence-corrected chi connectivity index (χ2v) is 4.23. The van der Waals surface area contributed by atoms with Crippen LogP contribution in [0.4, 0.5) is 4.79 Å². The molecule has 0 radical (unpaired) electrons. The van der Waals surface area contributed by atoms with Gasteiger partial charge in [0.25, 0.3) is 0 Å². The molecule has 0 aromatic heterocycles. The van der Waals surface area contributed by atoms with E-state index in [1.165, 1.54) is 0 Å². The molecule has 0 bridgehead atoms. The standard InChI is InChI=1S/C14H22N2O3/c1-12-6-2-3-7-13(12)19-11-5-9-16-14(18)15-8-4-10-17/h2-3,6-7,17H,4-5,8-11H2,1H3,(H2,15,16,18). The number of aliphatic hydroxyl groups is 1. The van der Waals surface area contributed by atoms with E-state index in [4.69, 9.17) is 9.84 Å². The Morgan fingerprint density at radius 1 is 1.21 bits per heavy atom. The molecule has 0 saturated carbocycles. The zero-order chi connectivity index (χ0) is 13.9. The van der Waals surface area contributed by atoms with Crippen LogP contribution in [0.25, 0.3) is 0 Å². The van der Waals surface area contributed by atoms with E-state index in [2.05, 4.69) is 10.6 Å². The normalized spacial score (nSPS) is 10.0. The van der Waals surface area contributed by atoms with E-state index in [1.54, 1.807) is 0 Å². The van der Waals surface area contributed by atoms with Gasteiger partial charge in [-0.1, -0.05) is 18.2 Å². The van der Waals surface area contributed by atoms with Gasteiger partial charge in [0, 0.05) is 19.7 Å². The molecule has 0 saturated heterocycles. The molecule has 5 heteroatoms. The second-order valence-electron chi connectivity index (χ2n) is 4.23. The molecule has 0 spiro atoms. The summed E-state index contributed by atoms with van der Waals surface area (Å²) in [7, 11) is 0. The Labute approximate surface area is 114 Å². The van der Waals surface area contributed by atoms with E-state index in [0.29, 0.717) is 26.1 Å². The van der Waals surface area contributed by atoms with Crippen LogP contribution in [0.15, 0.2) is 24.3 Å². The van der Waals surface area contributed by atoms with Gasteiger partial charge in [0.15, 0.2) is 0 Å². The van der Waals surface area contributed by atoms with E-state index >= 15 is 0 Å². The summed E-state index contributed by atoms with van der Waals surface area (Å²) >= 11 is 0. The van der Waals surface area contributed by atoms with Crippen LogP contribution in [-0.4, -0.2) is 37.4 Å². The first-order valence-corrected chi connectivity index (χ1v) is 6.55. The Morgan fingerprint density at radius 2 is 1.89 bits per heavy atom. The minimum Gasteiger partial charge on any atom is -0.493 e. The lowest BCUT2D eigenvalue weighted by atomic mass is 10.2. The number of nitrogens with one attached hydrogen (secondary N) is 2. The summed E-state index contributed by atoms with van der Waals surface area (Å²) < 4.78 is 5.61. The summed E-state index contributed by atoms with van der Waals surface area (Å²) in [4.78, 5) is 11.3. The van der Waals surface area contributed by atoms with Gasteiger partial charge >= 0.3 is 6.03 Å². The van der Waals surface area contributed by atoms with Crippen molar-refractivity contribution in [2.45, 2.75) is 19.8 Å². The van der Waals surface area contributed by atoms with E-state index in [1.807, 2.05) is 31.2 Å². The maximum Gasteiger partial charge on any atom is 0.314 e. The van der Waals surface area contributed by atoms with Crippen LogP contribution < -0.4 is 15.4 Å². The second kappa shape index (κ2) is 9.22. The van der Waals surface area contributed by atoms with Crippen molar-refractivity contribution in [3.63, 3.8) is 0 Å². The molecule has 1 aromatic rings. The SMILES string of the molecule is Cc1ccccc1OCCCNC(=O)NCCCO. The number of urea groups is 1. The Kier molecular flexibility index (Phi) is 7.43. The minimum atomic E-state index is -0.204. The van der Waals surface area contributed by atoms with Crippen LogP contribution in [0.3, 0.4) is 0 Å². The van der Waals surface area contributed by atoms with Gasteiger partial charge in [-0.25, -0.2) is 4.79 Å². The molecule has 5 nitrogen and oxygen atoms in total. The molecule has 0 aliphatic rings. The molecule has 2 amide bonds. The predicted molar refractivity (Wildman–Crippen MR) is 74.4 cm³/mol. The lowest BCUT2D eigenvalue weighted by Crippen LogP contribution is -2.37. The van der Waals surface area contributed by atoms with Gasteiger partial charge in [0.2, 0.25) is 0 Å². The first-order chi connectivity index (χ1) is 9.24. The number of para-hydroxylation sites is 1. The van der Waals surface area contributed by atoms with E-state index in [-0.39, 0.29) is 12.6 Å². The van der Waals surface area contributed by atoms with Gasteiger partial charge in [-0.15, -0.1) is 0 Å². The molecular formula is C14H22N2O3. The van der Waals surface area contributed by atoms with E-state index < -0.39 is 0 Å². The van der Waals surface area contributed by atoms with Crippen LogP contribution in [0, 0.1) is 6.92 Å². The van der Waals surface area contributed by atoms with Crippen LogP contribution >= 0.6 is 0 Å².